The van der Waals surface area contributed by atoms with Gasteiger partial charge in [-0.25, -0.2) is 9.97 Å². The first-order valence-electron chi connectivity index (χ1n) is 8.07. The van der Waals surface area contributed by atoms with Crippen LogP contribution in [-0.2, 0) is 6.42 Å². The molecule has 0 spiro atoms. The summed E-state index contributed by atoms with van der Waals surface area (Å²) in [5, 5.41) is 9.58. The van der Waals surface area contributed by atoms with Gasteiger partial charge < -0.3 is 19.9 Å². The third-order valence-electron chi connectivity index (χ3n) is 3.60. The van der Waals surface area contributed by atoms with E-state index in [1.165, 1.54) is 12.4 Å². The van der Waals surface area contributed by atoms with E-state index in [9.17, 15) is 4.79 Å². The zero-order valence-corrected chi connectivity index (χ0v) is 14.5. The third-order valence-corrected chi connectivity index (χ3v) is 3.60. The predicted octanol–water partition coefficient (Wildman–Crippen LogP) is 2.50. The summed E-state index contributed by atoms with van der Waals surface area (Å²) in [6, 6.07) is 9.47. The van der Waals surface area contributed by atoms with Crippen LogP contribution in [0.1, 0.15) is 21.8 Å². The number of hydrogen-bond acceptors (Lipinski definition) is 7. The summed E-state index contributed by atoms with van der Waals surface area (Å²) in [5.74, 6) is 2.22. The van der Waals surface area contributed by atoms with Crippen LogP contribution in [0.3, 0.4) is 0 Å². The fraction of sp³-hybridized carbons (Fsp3) is 0.222. The van der Waals surface area contributed by atoms with Gasteiger partial charge in [-0.1, -0.05) is 17.3 Å². The molecule has 0 aliphatic rings. The monoisotopic (exact) mass is 353 g/mol. The Kier molecular flexibility index (Phi) is 5.43. The summed E-state index contributed by atoms with van der Waals surface area (Å²) in [7, 11) is 1.63. The second-order valence-electron chi connectivity index (χ2n) is 5.59. The molecule has 3 aromatic rings. The molecule has 1 amide bonds. The van der Waals surface area contributed by atoms with Gasteiger partial charge in [0.25, 0.3) is 5.91 Å². The van der Waals surface area contributed by atoms with Crippen molar-refractivity contribution in [3.63, 3.8) is 0 Å². The third kappa shape index (κ3) is 4.56. The molecule has 0 atom stereocenters. The van der Waals surface area contributed by atoms with E-state index in [0.29, 0.717) is 30.4 Å². The van der Waals surface area contributed by atoms with Crippen LogP contribution in [0.2, 0.25) is 0 Å². The molecule has 8 nitrogen and oxygen atoms in total. The van der Waals surface area contributed by atoms with Crippen molar-refractivity contribution in [3.8, 4) is 5.75 Å². The van der Waals surface area contributed by atoms with Crippen molar-refractivity contribution in [2.45, 2.75) is 13.3 Å². The molecule has 0 bridgehead atoms. The molecule has 3 rings (SSSR count). The Balaban J connectivity index is 1.51. The van der Waals surface area contributed by atoms with Crippen molar-refractivity contribution in [3.05, 3.63) is 59.7 Å². The standard InChI is InChI=1S/C18H19N5O3/c1-12-8-16(23-26-12)22-17-11-20-15(10-21-17)18(24)19-7-6-13-4-3-5-14(9-13)25-2/h3-5,8-11H,6-7H2,1-2H3,(H,19,24)(H,21,22,23). The van der Waals surface area contributed by atoms with Crippen molar-refractivity contribution < 1.29 is 14.1 Å². The molecule has 2 aromatic heterocycles. The van der Waals surface area contributed by atoms with Crippen LogP contribution in [-0.4, -0.2) is 34.7 Å². The zero-order valence-electron chi connectivity index (χ0n) is 14.5. The van der Waals surface area contributed by atoms with Gasteiger partial charge in [-0.15, -0.1) is 0 Å². The Morgan fingerprint density at radius 1 is 1.19 bits per heavy atom. The molecule has 8 heteroatoms. The Hall–Kier alpha value is -3.42. The Morgan fingerprint density at radius 2 is 2.08 bits per heavy atom. The highest BCUT2D eigenvalue weighted by Crippen LogP contribution is 2.14. The van der Waals surface area contributed by atoms with Crippen molar-refractivity contribution in [2.24, 2.45) is 0 Å². The van der Waals surface area contributed by atoms with E-state index in [1.54, 1.807) is 20.1 Å². The number of nitrogens with one attached hydrogen (secondary N) is 2. The molecule has 134 valence electrons. The Bertz CT molecular complexity index is 877. The van der Waals surface area contributed by atoms with E-state index in [4.69, 9.17) is 9.26 Å². The van der Waals surface area contributed by atoms with Crippen molar-refractivity contribution >= 4 is 17.5 Å². The minimum Gasteiger partial charge on any atom is -0.497 e. The molecule has 0 saturated heterocycles. The summed E-state index contributed by atoms with van der Waals surface area (Å²) in [4.78, 5) is 20.4. The van der Waals surface area contributed by atoms with Crippen molar-refractivity contribution in [1.29, 1.82) is 0 Å². The van der Waals surface area contributed by atoms with Gasteiger partial charge in [-0.3, -0.25) is 4.79 Å². The van der Waals surface area contributed by atoms with E-state index in [0.717, 1.165) is 11.3 Å². The number of aryl methyl sites for hydroxylation is 1. The predicted molar refractivity (Wildman–Crippen MR) is 95.6 cm³/mol. The number of benzene rings is 1. The van der Waals surface area contributed by atoms with Crippen LogP contribution in [0, 0.1) is 6.92 Å². The summed E-state index contributed by atoms with van der Waals surface area (Å²) in [6.45, 7) is 2.29. The van der Waals surface area contributed by atoms with E-state index < -0.39 is 0 Å². The van der Waals surface area contributed by atoms with Gasteiger partial charge in [0.15, 0.2) is 5.82 Å². The van der Waals surface area contributed by atoms with Gasteiger partial charge >= 0.3 is 0 Å². The maximum Gasteiger partial charge on any atom is 0.271 e. The average molecular weight is 353 g/mol. The van der Waals surface area contributed by atoms with Gasteiger partial charge in [-0.2, -0.15) is 0 Å². The van der Waals surface area contributed by atoms with E-state index in [1.807, 2.05) is 24.3 Å². The minimum absolute atomic E-state index is 0.248. The number of nitrogens with zero attached hydrogens (tertiary/aromatic N) is 3. The molecule has 0 aliphatic heterocycles. The van der Waals surface area contributed by atoms with Gasteiger partial charge in [0.2, 0.25) is 0 Å². The molecular formula is C18H19N5O3. The summed E-state index contributed by atoms with van der Waals surface area (Å²) < 4.78 is 10.1. The maximum atomic E-state index is 12.1. The first kappa shape index (κ1) is 17.4. The normalized spacial score (nSPS) is 10.4. The van der Waals surface area contributed by atoms with Crippen LogP contribution in [0.5, 0.6) is 5.75 Å². The second-order valence-corrected chi connectivity index (χ2v) is 5.59. The van der Waals surface area contributed by atoms with Crippen LogP contribution in [0.15, 0.2) is 47.2 Å². The maximum absolute atomic E-state index is 12.1. The lowest BCUT2D eigenvalue weighted by atomic mass is 10.1. The number of hydrogen-bond donors (Lipinski definition) is 2. The van der Waals surface area contributed by atoms with Crippen LogP contribution >= 0.6 is 0 Å². The molecule has 26 heavy (non-hydrogen) atoms. The minimum atomic E-state index is -0.274. The number of rotatable bonds is 7. The first-order chi connectivity index (χ1) is 12.6. The highest BCUT2D eigenvalue weighted by Gasteiger charge is 2.08. The van der Waals surface area contributed by atoms with E-state index in [-0.39, 0.29) is 11.6 Å². The lowest BCUT2D eigenvalue weighted by Crippen LogP contribution is -2.26. The molecule has 0 radical (unpaired) electrons. The SMILES string of the molecule is COc1cccc(CCNC(=O)c2cnc(Nc3cc(C)on3)cn2)c1. The number of ether oxygens (including phenoxy) is 1. The summed E-state index contributed by atoms with van der Waals surface area (Å²) in [6.07, 6.45) is 3.58. The zero-order chi connectivity index (χ0) is 18.4. The lowest BCUT2D eigenvalue weighted by Gasteiger charge is -2.07. The van der Waals surface area contributed by atoms with Gasteiger partial charge in [0.05, 0.1) is 19.5 Å². The quantitative estimate of drug-likeness (QED) is 0.673. The Morgan fingerprint density at radius 3 is 2.77 bits per heavy atom. The highest BCUT2D eigenvalue weighted by molar-refractivity contribution is 5.92. The van der Waals surface area contributed by atoms with Gasteiger partial charge in [0.1, 0.15) is 23.0 Å². The van der Waals surface area contributed by atoms with E-state index in [2.05, 4.69) is 25.8 Å². The molecule has 2 heterocycles. The smallest absolute Gasteiger partial charge is 0.271 e. The number of aromatic nitrogens is 3. The van der Waals surface area contributed by atoms with Crippen LogP contribution < -0.4 is 15.4 Å². The van der Waals surface area contributed by atoms with E-state index >= 15 is 0 Å². The lowest BCUT2D eigenvalue weighted by molar-refractivity contribution is 0.0949. The molecule has 1 aromatic carbocycles. The molecule has 0 unspecified atom stereocenters. The largest absolute Gasteiger partial charge is 0.497 e. The highest BCUT2D eigenvalue weighted by atomic mass is 16.5. The molecule has 0 aliphatic carbocycles. The molecule has 0 fully saturated rings. The number of carbonyl (C=O) groups is 1. The molecular weight excluding hydrogens is 334 g/mol. The topological polar surface area (TPSA) is 102 Å². The average Bonchev–Trinajstić information content (AvgIpc) is 3.07. The van der Waals surface area contributed by atoms with Crippen molar-refractivity contribution in [1.82, 2.24) is 20.4 Å². The fourth-order valence-electron chi connectivity index (χ4n) is 2.31. The molecule has 2 N–H and O–H groups in total. The first-order valence-corrected chi connectivity index (χ1v) is 8.07. The second kappa shape index (κ2) is 8.11. The summed E-state index contributed by atoms with van der Waals surface area (Å²) >= 11 is 0. The number of anilines is 2. The summed E-state index contributed by atoms with van der Waals surface area (Å²) in [5.41, 5.74) is 1.33. The van der Waals surface area contributed by atoms with Gasteiger partial charge in [0, 0.05) is 12.6 Å². The molecule has 0 saturated carbocycles. The van der Waals surface area contributed by atoms with Crippen molar-refractivity contribution in [2.75, 3.05) is 19.0 Å². The Labute approximate surface area is 150 Å². The number of carbonyl (C=O) groups excluding carboxylic acids is 1. The van der Waals surface area contributed by atoms with Crippen LogP contribution in [0.25, 0.3) is 0 Å². The van der Waals surface area contributed by atoms with Gasteiger partial charge in [-0.05, 0) is 31.0 Å². The fourth-order valence-corrected chi connectivity index (χ4v) is 2.31. The number of amides is 1. The van der Waals surface area contributed by atoms with Crippen LogP contribution in [0.4, 0.5) is 11.6 Å². The number of methoxy groups -OCH3 is 1.